The highest BCUT2D eigenvalue weighted by Gasteiger charge is 2.67. The van der Waals surface area contributed by atoms with Gasteiger partial charge < -0.3 is 21.1 Å². The molecule has 1 unspecified atom stereocenters. The molecule has 38 heavy (non-hydrogen) atoms. The summed E-state index contributed by atoms with van der Waals surface area (Å²) in [5.41, 5.74) is 1.55. The summed E-state index contributed by atoms with van der Waals surface area (Å²) in [4.78, 5) is 28.9. The summed E-state index contributed by atoms with van der Waals surface area (Å²) < 4.78 is 16.0. The van der Waals surface area contributed by atoms with Crippen molar-refractivity contribution < 1.29 is 19.1 Å². The van der Waals surface area contributed by atoms with Crippen LogP contribution in [0.15, 0.2) is 36.7 Å². The van der Waals surface area contributed by atoms with E-state index in [0.29, 0.717) is 29.2 Å². The fourth-order valence-electron chi connectivity index (χ4n) is 5.58. The Morgan fingerprint density at radius 1 is 1.24 bits per heavy atom. The normalized spacial score (nSPS) is 22.5. The third-order valence-corrected chi connectivity index (χ3v) is 7.50. The average Bonchev–Trinajstić information content (AvgIpc) is 3.25. The van der Waals surface area contributed by atoms with E-state index < -0.39 is 17.7 Å². The zero-order chi connectivity index (χ0) is 27.3. The zero-order valence-electron chi connectivity index (χ0n) is 21.5. The Kier molecular flexibility index (Phi) is 6.10. The third kappa shape index (κ3) is 4.67. The first kappa shape index (κ1) is 25.6. The Bertz CT molecular complexity index is 1450. The molecular formula is C27H30FN7O3. The van der Waals surface area contributed by atoms with Gasteiger partial charge >= 0.3 is 0 Å². The number of nitrogens with zero attached hydrogens (tertiary/aromatic N) is 4. The van der Waals surface area contributed by atoms with Gasteiger partial charge in [0.2, 0.25) is 5.91 Å². The van der Waals surface area contributed by atoms with Gasteiger partial charge in [-0.2, -0.15) is 10.4 Å². The van der Waals surface area contributed by atoms with Crippen LogP contribution in [0.2, 0.25) is 0 Å². The van der Waals surface area contributed by atoms with Gasteiger partial charge in [0, 0.05) is 25.2 Å². The summed E-state index contributed by atoms with van der Waals surface area (Å²) in [6, 6.07) is 9.26. The van der Waals surface area contributed by atoms with Crippen LogP contribution in [0, 0.1) is 16.7 Å². The third-order valence-electron chi connectivity index (χ3n) is 7.50. The van der Waals surface area contributed by atoms with Crippen LogP contribution in [-0.4, -0.2) is 61.9 Å². The molecule has 11 heteroatoms. The maximum Gasteiger partial charge on any atom is 0.255 e. The van der Waals surface area contributed by atoms with Gasteiger partial charge in [-0.25, -0.2) is 8.91 Å². The topological polar surface area (TPSA) is 144 Å². The van der Waals surface area contributed by atoms with E-state index in [-0.39, 0.29) is 29.0 Å². The van der Waals surface area contributed by atoms with Gasteiger partial charge in [0.05, 0.1) is 52.1 Å². The second kappa shape index (κ2) is 9.06. The van der Waals surface area contributed by atoms with Crippen LogP contribution in [0.3, 0.4) is 0 Å². The molecule has 0 spiro atoms. The number of hydrogen-bond acceptors (Lipinski definition) is 7. The number of pyridine rings is 1. The van der Waals surface area contributed by atoms with Crippen LogP contribution < -0.4 is 16.0 Å². The molecule has 10 nitrogen and oxygen atoms in total. The van der Waals surface area contributed by atoms with Gasteiger partial charge in [0.1, 0.15) is 12.2 Å². The highest BCUT2D eigenvalue weighted by Crippen LogP contribution is 2.68. The van der Waals surface area contributed by atoms with E-state index >= 15 is 0 Å². The van der Waals surface area contributed by atoms with Gasteiger partial charge in [-0.3, -0.25) is 14.6 Å². The fraction of sp³-hybridized carbons (Fsp3) is 0.444. The Morgan fingerprint density at radius 2 is 1.97 bits per heavy atom. The molecule has 4 N–H and O–H groups in total. The van der Waals surface area contributed by atoms with Crippen molar-refractivity contribution in [2.75, 3.05) is 18.4 Å². The first-order valence-corrected chi connectivity index (χ1v) is 12.5. The number of carbonyl (C=O) groups is 2. The largest absolute Gasteiger partial charge is 0.387 e. The van der Waals surface area contributed by atoms with Crippen LogP contribution >= 0.6 is 0 Å². The monoisotopic (exact) mass is 519 g/mol. The minimum absolute atomic E-state index is 0.0541. The summed E-state index contributed by atoms with van der Waals surface area (Å²) in [5.74, 6) is -0.559. The van der Waals surface area contributed by atoms with Gasteiger partial charge in [0.15, 0.2) is 0 Å². The first-order valence-electron chi connectivity index (χ1n) is 12.5. The molecule has 3 saturated carbocycles. The maximum absolute atomic E-state index is 14.3. The predicted octanol–water partition coefficient (Wildman–Crippen LogP) is 2.58. The van der Waals surface area contributed by atoms with Gasteiger partial charge in [0.25, 0.3) is 5.91 Å². The number of hydrogen-bond donors (Lipinski definition) is 4. The first-order chi connectivity index (χ1) is 17.9. The van der Waals surface area contributed by atoms with E-state index in [0.717, 1.165) is 24.8 Å². The molecule has 6 rings (SSSR count). The highest BCUT2D eigenvalue weighted by atomic mass is 19.1. The van der Waals surface area contributed by atoms with Crippen LogP contribution in [0.1, 0.15) is 56.0 Å². The molecule has 3 aromatic heterocycles. The molecule has 198 valence electrons. The fourth-order valence-corrected chi connectivity index (χ4v) is 5.58. The number of aromatic nitrogens is 3. The standard InChI is InChI=1S/C27H30FN7O3/c1-16(36)32-15-26-12-27(13-26,14-26)34-20-7-21(22-5-4-18-6-17(8-29)9-33-35(18)22)30-10-19(20)24(37)31-11-23(28)25(2,3)38/h4-7,9-10,23,38H,11-15H2,1-3H3,(H,30,34)(H,31,37)(H,32,36). The number of halogens is 1. The average molecular weight is 520 g/mol. The van der Waals surface area contributed by atoms with Crippen molar-refractivity contribution in [2.45, 2.75) is 57.3 Å². The molecule has 0 aliphatic heterocycles. The van der Waals surface area contributed by atoms with E-state index in [1.54, 1.807) is 16.6 Å². The lowest BCUT2D eigenvalue weighted by Gasteiger charge is -2.71. The van der Waals surface area contributed by atoms with Crippen LogP contribution in [0.5, 0.6) is 0 Å². The maximum atomic E-state index is 14.3. The number of nitriles is 1. The predicted molar refractivity (Wildman–Crippen MR) is 138 cm³/mol. The molecule has 0 aromatic carbocycles. The van der Waals surface area contributed by atoms with E-state index in [9.17, 15) is 19.1 Å². The van der Waals surface area contributed by atoms with E-state index in [1.165, 1.54) is 33.2 Å². The van der Waals surface area contributed by atoms with Crippen molar-refractivity contribution in [3.8, 4) is 17.5 Å². The second-order valence-corrected chi connectivity index (χ2v) is 11.2. The zero-order valence-corrected chi connectivity index (χ0v) is 21.5. The molecule has 1 atom stereocenters. The number of aliphatic hydroxyl groups is 1. The molecular weight excluding hydrogens is 489 g/mol. The Balaban J connectivity index is 1.42. The van der Waals surface area contributed by atoms with Crippen molar-refractivity contribution in [3.63, 3.8) is 0 Å². The number of nitrogens with one attached hydrogen (secondary N) is 3. The SMILES string of the molecule is CC(=O)NCC12CC(Nc3cc(-c4ccc5cc(C#N)cnn45)ncc3C(=O)NCC(F)C(C)(C)O)(C1)C2. The molecule has 3 aliphatic carbocycles. The van der Waals surface area contributed by atoms with Gasteiger partial charge in [-0.15, -0.1) is 0 Å². The number of carbonyl (C=O) groups excluding carboxylic acids is 2. The number of amides is 2. The number of alkyl halides is 1. The Morgan fingerprint density at radius 3 is 2.63 bits per heavy atom. The minimum atomic E-state index is -1.64. The number of fused-ring (bicyclic) bond motifs is 1. The van der Waals surface area contributed by atoms with E-state index in [1.807, 2.05) is 12.1 Å². The lowest BCUT2D eigenvalue weighted by Crippen LogP contribution is -2.73. The van der Waals surface area contributed by atoms with Crippen LogP contribution in [0.25, 0.3) is 16.9 Å². The van der Waals surface area contributed by atoms with Crippen molar-refractivity contribution in [1.29, 1.82) is 5.26 Å². The molecule has 3 aliphatic rings. The lowest BCUT2D eigenvalue weighted by molar-refractivity contribution is -0.130. The van der Waals surface area contributed by atoms with E-state index in [2.05, 4.69) is 32.1 Å². The summed E-state index contributed by atoms with van der Waals surface area (Å²) in [6.45, 7) is 4.49. The van der Waals surface area contributed by atoms with E-state index in [4.69, 9.17) is 5.26 Å². The summed E-state index contributed by atoms with van der Waals surface area (Å²) in [7, 11) is 0. The second-order valence-electron chi connectivity index (χ2n) is 11.2. The molecule has 3 heterocycles. The summed E-state index contributed by atoms with van der Waals surface area (Å²) in [6.07, 6.45) is 3.86. The molecule has 3 aromatic rings. The van der Waals surface area contributed by atoms with Crippen LogP contribution in [-0.2, 0) is 4.79 Å². The van der Waals surface area contributed by atoms with Crippen molar-refractivity contribution in [3.05, 3.63) is 47.8 Å². The Hall–Kier alpha value is -4.04. The molecule has 2 bridgehead atoms. The lowest BCUT2D eigenvalue weighted by atomic mass is 9.39. The van der Waals surface area contributed by atoms with Gasteiger partial charge in [-0.1, -0.05) is 0 Å². The molecule has 0 saturated heterocycles. The highest BCUT2D eigenvalue weighted by molar-refractivity contribution is 6.00. The Labute approximate surface area is 219 Å². The molecule has 0 radical (unpaired) electrons. The van der Waals surface area contributed by atoms with Gasteiger partial charge in [-0.05, 0) is 62.8 Å². The van der Waals surface area contributed by atoms with Crippen molar-refractivity contribution in [2.24, 2.45) is 5.41 Å². The molecule has 2 amide bonds. The summed E-state index contributed by atoms with van der Waals surface area (Å²) in [5, 5.41) is 32.4. The van der Waals surface area contributed by atoms with Crippen molar-refractivity contribution in [1.82, 2.24) is 25.2 Å². The van der Waals surface area contributed by atoms with Crippen LogP contribution in [0.4, 0.5) is 10.1 Å². The minimum Gasteiger partial charge on any atom is -0.387 e. The number of anilines is 1. The number of rotatable bonds is 9. The van der Waals surface area contributed by atoms with Crippen molar-refractivity contribution >= 4 is 23.0 Å². The quantitative estimate of drug-likeness (QED) is 0.340. The molecule has 3 fully saturated rings. The summed E-state index contributed by atoms with van der Waals surface area (Å²) >= 11 is 0. The smallest absolute Gasteiger partial charge is 0.255 e.